The van der Waals surface area contributed by atoms with Gasteiger partial charge in [0.1, 0.15) is 0 Å². The molecule has 0 heterocycles. The van der Waals surface area contributed by atoms with Crippen LogP contribution in [0.5, 0.6) is 0 Å². The van der Waals surface area contributed by atoms with Gasteiger partial charge in [0.25, 0.3) is 0 Å². The molecular weight excluding hydrogens is 162 g/mol. The Labute approximate surface area is 79.6 Å². The Balaban J connectivity index is 2.61. The molecule has 0 bridgehead atoms. The van der Waals surface area contributed by atoms with Crippen LogP contribution in [0.2, 0.25) is 0 Å². The molecule has 72 valence electrons. The fourth-order valence-electron chi connectivity index (χ4n) is 1.31. The van der Waals surface area contributed by atoms with Gasteiger partial charge in [-0.2, -0.15) is 0 Å². The van der Waals surface area contributed by atoms with E-state index in [-0.39, 0.29) is 6.61 Å². The lowest BCUT2D eigenvalue weighted by atomic mass is 10.0. The van der Waals surface area contributed by atoms with Gasteiger partial charge >= 0.3 is 0 Å². The summed E-state index contributed by atoms with van der Waals surface area (Å²) < 4.78 is 0. The number of aryl methyl sites for hydroxylation is 1. The molecular formula is C11H17NO. The predicted octanol–water partition coefficient (Wildman–Crippen LogP) is 1.39. The zero-order valence-electron chi connectivity index (χ0n) is 8.30. The van der Waals surface area contributed by atoms with Crippen LogP contribution in [-0.2, 0) is 6.54 Å². The Bertz CT molecular complexity index is 271. The van der Waals surface area contributed by atoms with Gasteiger partial charge in [-0.15, -0.1) is 0 Å². The van der Waals surface area contributed by atoms with E-state index < -0.39 is 0 Å². The van der Waals surface area contributed by atoms with Crippen molar-refractivity contribution in [3.8, 4) is 0 Å². The molecule has 0 fully saturated rings. The van der Waals surface area contributed by atoms with Crippen molar-refractivity contribution >= 4 is 0 Å². The second kappa shape index (κ2) is 5.00. The van der Waals surface area contributed by atoms with Crippen LogP contribution in [0.15, 0.2) is 18.2 Å². The van der Waals surface area contributed by atoms with E-state index in [4.69, 9.17) is 5.11 Å². The molecule has 0 unspecified atom stereocenters. The van der Waals surface area contributed by atoms with Gasteiger partial charge in [-0.05, 0) is 30.5 Å². The lowest BCUT2D eigenvalue weighted by Gasteiger charge is -2.08. The molecule has 13 heavy (non-hydrogen) atoms. The molecule has 2 N–H and O–H groups in total. The van der Waals surface area contributed by atoms with Gasteiger partial charge < -0.3 is 10.4 Å². The largest absolute Gasteiger partial charge is 0.395 e. The standard InChI is InChI=1S/C11H17NO/c1-9-4-3-5-11(10(9)2)8-12-6-7-13/h3-5,12-13H,6-8H2,1-2H3. The summed E-state index contributed by atoms with van der Waals surface area (Å²) in [7, 11) is 0. The maximum atomic E-state index is 8.61. The van der Waals surface area contributed by atoms with Crippen molar-refractivity contribution < 1.29 is 5.11 Å². The van der Waals surface area contributed by atoms with Crippen molar-refractivity contribution in [1.82, 2.24) is 5.32 Å². The number of hydrogen-bond acceptors (Lipinski definition) is 2. The fraction of sp³-hybridized carbons (Fsp3) is 0.455. The lowest BCUT2D eigenvalue weighted by molar-refractivity contribution is 0.292. The normalized spacial score (nSPS) is 10.4. The molecule has 1 aromatic rings. The van der Waals surface area contributed by atoms with Gasteiger partial charge in [-0.3, -0.25) is 0 Å². The molecule has 0 aliphatic heterocycles. The van der Waals surface area contributed by atoms with Gasteiger partial charge in [-0.1, -0.05) is 18.2 Å². The first-order valence-corrected chi connectivity index (χ1v) is 4.62. The van der Waals surface area contributed by atoms with Crippen LogP contribution in [0, 0.1) is 13.8 Å². The third-order valence-corrected chi connectivity index (χ3v) is 2.32. The molecule has 0 aliphatic rings. The van der Waals surface area contributed by atoms with E-state index in [1.807, 2.05) is 0 Å². The summed E-state index contributed by atoms with van der Waals surface area (Å²) in [5.41, 5.74) is 3.98. The van der Waals surface area contributed by atoms with Gasteiger partial charge in [-0.25, -0.2) is 0 Å². The molecule has 1 rings (SSSR count). The SMILES string of the molecule is Cc1cccc(CNCCO)c1C. The minimum atomic E-state index is 0.199. The van der Waals surface area contributed by atoms with Crippen LogP contribution in [0.1, 0.15) is 16.7 Å². The van der Waals surface area contributed by atoms with E-state index in [9.17, 15) is 0 Å². The topological polar surface area (TPSA) is 32.3 Å². The Morgan fingerprint density at radius 3 is 2.77 bits per heavy atom. The van der Waals surface area contributed by atoms with Gasteiger partial charge in [0.15, 0.2) is 0 Å². The number of aliphatic hydroxyl groups excluding tert-OH is 1. The van der Waals surface area contributed by atoms with E-state index in [1.165, 1.54) is 16.7 Å². The Hall–Kier alpha value is -0.860. The highest BCUT2D eigenvalue weighted by Gasteiger charge is 1.98. The van der Waals surface area contributed by atoms with Crippen molar-refractivity contribution in [2.45, 2.75) is 20.4 Å². The molecule has 0 saturated heterocycles. The zero-order chi connectivity index (χ0) is 9.68. The van der Waals surface area contributed by atoms with Crippen LogP contribution < -0.4 is 5.32 Å². The summed E-state index contributed by atoms with van der Waals surface area (Å²) in [5, 5.41) is 11.8. The molecule has 0 aromatic heterocycles. The highest BCUT2D eigenvalue weighted by molar-refractivity contribution is 5.32. The Kier molecular flexibility index (Phi) is 3.93. The third-order valence-electron chi connectivity index (χ3n) is 2.32. The molecule has 1 aromatic carbocycles. The minimum Gasteiger partial charge on any atom is -0.395 e. The van der Waals surface area contributed by atoms with Gasteiger partial charge in [0.2, 0.25) is 0 Å². The van der Waals surface area contributed by atoms with Gasteiger partial charge in [0.05, 0.1) is 6.61 Å². The van der Waals surface area contributed by atoms with Crippen LogP contribution in [0.3, 0.4) is 0 Å². The van der Waals surface area contributed by atoms with Gasteiger partial charge in [0, 0.05) is 13.1 Å². The quantitative estimate of drug-likeness (QED) is 0.684. The van der Waals surface area contributed by atoms with E-state index in [0.29, 0.717) is 6.54 Å². The summed E-state index contributed by atoms with van der Waals surface area (Å²) in [6.45, 7) is 5.95. The predicted molar refractivity (Wildman–Crippen MR) is 54.7 cm³/mol. The number of hydrogen-bond donors (Lipinski definition) is 2. The molecule has 0 amide bonds. The van der Waals surface area contributed by atoms with E-state index in [2.05, 4.69) is 37.4 Å². The van der Waals surface area contributed by atoms with Crippen molar-refractivity contribution in [2.24, 2.45) is 0 Å². The zero-order valence-corrected chi connectivity index (χ0v) is 8.30. The number of nitrogens with one attached hydrogen (secondary N) is 1. The highest BCUT2D eigenvalue weighted by Crippen LogP contribution is 2.11. The molecule has 0 aliphatic carbocycles. The summed E-state index contributed by atoms with van der Waals surface area (Å²) in [6.07, 6.45) is 0. The molecule has 0 radical (unpaired) electrons. The maximum Gasteiger partial charge on any atom is 0.0556 e. The summed E-state index contributed by atoms with van der Waals surface area (Å²) in [5.74, 6) is 0. The van der Waals surface area contributed by atoms with Crippen molar-refractivity contribution in [1.29, 1.82) is 0 Å². The first kappa shape index (κ1) is 10.2. The summed E-state index contributed by atoms with van der Waals surface area (Å²) in [6, 6.07) is 6.30. The number of aliphatic hydroxyl groups is 1. The lowest BCUT2D eigenvalue weighted by Crippen LogP contribution is -2.18. The summed E-state index contributed by atoms with van der Waals surface area (Å²) >= 11 is 0. The molecule has 2 nitrogen and oxygen atoms in total. The third kappa shape index (κ3) is 2.83. The smallest absolute Gasteiger partial charge is 0.0556 e. The van der Waals surface area contributed by atoms with E-state index in [0.717, 1.165) is 6.54 Å². The molecule has 2 heteroatoms. The second-order valence-electron chi connectivity index (χ2n) is 3.26. The first-order chi connectivity index (χ1) is 6.25. The Morgan fingerprint density at radius 2 is 2.08 bits per heavy atom. The van der Waals surface area contributed by atoms with Crippen LogP contribution in [-0.4, -0.2) is 18.3 Å². The molecule has 0 atom stereocenters. The van der Waals surface area contributed by atoms with Crippen molar-refractivity contribution in [3.63, 3.8) is 0 Å². The Morgan fingerprint density at radius 1 is 1.31 bits per heavy atom. The van der Waals surface area contributed by atoms with E-state index >= 15 is 0 Å². The molecule has 0 saturated carbocycles. The van der Waals surface area contributed by atoms with Crippen LogP contribution >= 0.6 is 0 Å². The van der Waals surface area contributed by atoms with Crippen molar-refractivity contribution in [2.75, 3.05) is 13.2 Å². The second-order valence-corrected chi connectivity index (χ2v) is 3.26. The monoisotopic (exact) mass is 179 g/mol. The molecule has 0 spiro atoms. The average molecular weight is 179 g/mol. The number of benzene rings is 1. The van der Waals surface area contributed by atoms with Crippen LogP contribution in [0.25, 0.3) is 0 Å². The number of rotatable bonds is 4. The van der Waals surface area contributed by atoms with E-state index in [1.54, 1.807) is 0 Å². The van der Waals surface area contributed by atoms with Crippen molar-refractivity contribution in [3.05, 3.63) is 34.9 Å². The average Bonchev–Trinajstić information content (AvgIpc) is 2.13. The first-order valence-electron chi connectivity index (χ1n) is 4.62. The summed E-state index contributed by atoms with van der Waals surface area (Å²) in [4.78, 5) is 0. The fourth-order valence-corrected chi connectivity index (χ4v) is 1.31. The highest BCUT2D eigenvalue weighted by atomic mass is 16.3. The van der Waals surface area contributed by atoms with Crippen LogP contribution in [0.4, 0.5) is 0 Å². The minimum absolute atomic E-state index is 0.199. The maximum absolute atomic E-state index is 8.61.